The number of rotatable bonds is 3. The van der Waals surface area contributed by atoms with Crippen molar-refractivity contribution in [2.24, 2.45) is 0 Å². The van der Waals surface area contributed by atoms with E-state index >= 15 is 0 Å². The molecule has 0 N–H and O–H groups in total. The Morgan fingerprint density at radius 3 is 2.62 bits per heavy atom. The largest absolute Gasteiger partial charge is 0.460 e. The predicted octanol–water partition coefficient (Wildman–Crippen LogP) is 4.25. The van der Waals surface area contributed by atoms with E-state index in [2.05, 4.69) is 13.0 Å². The number of carbonyl (C=O) groups excluding carboxylic acids is 1. The molecule has 0 aromatic heterocycles. The standard InChI is InChI=1S/C19H26O2/c1-12-15-7-5-6-14(15)10-17(13-8-9-13)16(12)11-18(20)21-19(2,3)4/h10,13H,5-9,11H2,1-4H3. The molecule has 1 aromatic rings. The first-order chi connectivity index (χ1) is 9.85. The molecular weight excluding hydrogens is 260 g/mol. The van der Waals surface area contributed by atoms with Gasteiger partial charge in [0, 0.05) is 0 Å². The molecule has 114 valence electrons. The van der Waals surface area contributed by atoms with Crippen LogP contribution in [-0.4, -0.2) is 11.6 Å². The number of hydrogen-bond donors (Lipinski definition) is 0. The lowest BCUT2D eigenvalue weighted by Crippen LogP contribution is -2.25. The van der Waals surface area contributed by atoms with Crippen LogP contribution in [0.3, 0.4) is 0 Å². The topological polar surface area (TPSA) is 26.3 Å². The monoisotopic (exact) mass is 286 g/mol. The highest BCUT2D eigenvalue weighted by Crippen LogP contribution is 2.45. The van der Waals surface area contributed by atoms with Crippen molar-refractivity contribution >= 4 is 5.97 Å². The highest BCUT2D eigenvalue weighted by atomic mass is 16.6. The maximum absolute atomic E-state index is 12.3. The second kappa shape index (κ2) is 5.15. The third kappa shape index (κ3) is 3.14. The first-order valence-electron chi connectivity index (χ1n) is 8.21. The van der Waals surface area contributed by atoms with Gasteiger partial charge in [-0.1, -0.05) is 6.07 Å². The van der Waals surface area contributed by atoms with Crippen molar-refractivity contribution in [3.8, 4) is 0 Å². The Kier molecular flexibility index (Phi) is 3.59. The highest BCUT2D eigenvalue weighted by molar-refractivity contribution is 5.75. The average Bonchev–Trinajstić information content (AvgIpc) is 3.09. The molecule has 1 aromatic carbocycles. The van der Waals surface area contributed by atoms with E-state index in [1.165, 1.54) is 59.9 Å². The Morgan fingerprint density at radius 2 is 2.00 bits per heavy atom. The molecule has 21 heavy (non-hydrogen) atoms. The van der Waals surface area contributed by atoms with Crippen LogP contribution in [-0.2, 0) is 28.8 Å². The molecule has 0 saturated heterocycles. The van der Waals surface area contributed by atoms with Crippen LogP contribution >= 0.6 is 0 Å². The summed E-state index contributed by atoms with van der Waals surface area (Å²) in [4.78, 5) is 12.3. The molecule has 0 aliphatic heterocycles. The molecule has 2 aliphatic carbocycles. The zero-order chi connectivity index (χ0) is 15.2. The molecule has 0 bridgehead atoms. The molecule has 0 spiro atoms. The van der Waals surface area contributed by atoms with Crippen molar-refractivity contribution in [1.29, 1.82) is 0 Å². The zero-order valence-corrected chi connectivity index (χ0v) is 13.7. The van der Waals surface area contributed by atoms with Crippen LogP contribution in [0.4, 0.5) is 0 Å². The van der Waals surface area contributed by atoms with E-state index in [0.29, 0.717) is 12.3 Å². The summed E-state index contributed by atoms with van der Waals surface area (Å²) in [5.74, 6) is 0.595. The fourth-order valence-corrected chi connectivity index (χ4v) is 3.54. The molecule has 2 aliphatic rings. The number of esters is 1. The van der Waals surface area contributed by atoms with E-state index < -0.39 is 5.60 Å². The van der Waals surface area contributed by atoms with E-state index in [0.717, 1.165) is 0 Å². The van der Waals surface area contributed by atoms with Crippen molar-refractivity contribution < 1.29 is 9.53 Å². The summed E-state index contributed by atoms with van der Waals surface area (Å²) in [6.45, 7) is 8.00. The Labute approximate surface area is 127 Å². The quantitative estimate of drug-likeness (QED) is 0.777. The lowest BCUT2D eigenvalue weighted by molar-refractivity contribution is -0.153. The SMILES string of the molecule is Cc1c2c(cc(C3CC3)c1CC(=O)OC(C)(C)C)CCC2. The molecule has 2 nitrogen and oxygen atoms in total. The van der Waals surface area contributed by atoms with Crippen molar-refractivity contribution in [3.63, 3.8) is 0 Å². The van der Waals surface area contributed by atoms with Crippen molar-refractivity contribution in [2.45, 2.75) is 77.7 Å². The summed E-state index contributed by atoms with van der Waals surface area (Å²) in [5.41, 5.74) is 6.67. The summed E-state index contributed by atoms with van der Waals surface area (Å²) < 4.78 is 5.53. The maximum Gasteiger partial charge on any atom is 0.310 e. The predicted molar refractivity (Wildman–Crippen MR) is 84.7 cm³/mol. The van der Waals surface area contributed by atoms with Crippen LogP contribution in [0.15, 0.2) is 6.07 Å². The number of ether oxygens (including phenoxy) is 1. The zero-order valence-electron chi connectivity index (χ0n) is 13.7. The van der Waals surface area contributed by atoms with Crippen LogP contribution < -0.4 is 0 Å². The number of hydrogen-bond acceptors (Lipinski definition) is 2. The summed E-state index contributed by atoms with van der Waals surface area (Å²) in [7, 11) is 0. The molecule has 1 saturated carbocycles. The van der Waals surface area contributed by atoms with Gasteiger partial charge in [-0.25, -0.2) is 0 Å². The first kappa shape index (κ1) is 14.6. The fourth-order valence-electron chi connectivity index (χ4n) is 3.54. The summed E-state index contributed by atoms with van der Waals surface area (Å²) in [5, 5.41) is 0. The second-order valence-electron chi connectivity index (χ2n) is 7.60. The normalized spacial score (nSPS) is 17.7. The van der Waals surface area contributed by atoms with Crippen LogP contribution in [0, 0.1) is 6.92 Å². The molecule has 2 heteroatoms. The molecule has 0 heterocycles. The molecule has 1 fully saturated rings. The Morgan fingerprint density at radius 1 is 1.29 bits per heavy atom. The average molecular weight is 286 g/mol. The molecular formula is C19H26O2. The van der Waals surface area contributed by atoms with Gasteiger partial charge in [-0.2, -0.15) is 0 Å². The van der Waals surface area contributed by atoms with E-state index in [4.69, 9.17) is 4.74 Å². The van der Waals surface area contributed by atoms with Crippen LogP contribution in [0.2, 0.25) is 0 Å². The molecule has 0 radical (unpaired) electrons. The van der Waals surface area contributed by atoms with Gasteiger partial charge in [0.2, 0.25) is 0 Å². The summed E-state index contributed by atoms with van der Waals surface area (Å²) in [6.07, 6.45) is 6.63. The number of aryl methyl sites for hydroxylation is 1. The minimum Gasteiger partial charge on any atom is -0.460 e. The van der Waals surface area contributed by atoms with Gasteiger partial charge < -0.3 is 4.74 Å². The van der Waals surface area contributed by atoms with E-state index in [-0.39, 0.29) is 5.97 Å². The third-order valence-corrected chi connectivity index (χ3v) is 4.60. The van der Waals surface area contributed by atoms with Crippen LogP contribution in [0.5, 0.6) is 0 Å². The van der Waals surface area contributed by atoms with Gasteiger partial charge in [0.25, 0.3) is 0 Å². The second-order valence-corrected chi connectivity index (χ2v) is 7.60. The van der Waals surface area contributed by atoms with Gasteiger partial charge in [0.05, 0.1) is 6.42 Å². The number of fused-ring (bicyclic) bond motifs is 1. The summed E-state index contributed by atoms with van der Waals surface area (Å²) in [6, 6.07) is 2.40. The highest BCUT2D eigenvalue weighted by Gasteiger charge is 2.30. The van der Waals surface area contributed by atoms with Crippen LogP contribution in [0.1, 0.15) is 73.8 Å². The molecule has 3 rings (SSSR count). The summed E-state index contributed by atoms with van der Waals surface area (Å²) >= 11 is 0. The number of benzene rings is 1. The van der Waals surface area contributed by atoms with Crippen molar-refractivity contribution in [2.75, 3.05) is 0 Å². The van der Waals surface area contributed by atoms with Gasteiger partial charge in [0.1, 0.15) is 5.60 Å². The van der Waals surface area contributed by atoms with Gasteiger partial charge >= 0.3 is 5.97 Å². The first-order valence-corrected chi connectivity index (χ1v) is 8.21. The maximum atomic E-state index is 12.3. The van der Waals surface area contributed by atoms with E-state index in [1.807, 2.05) is 20.8 Å². The Balaban J connectivity index is 1.91. The molecule has 0 amide bonds. The molecule has 0 atom stereocenters. The van der Waals surface area contributed by atoms with Crippen molar-refractivity contribution in [1.82, 2.24) is 0 Å². The van der Waals surface area contributed by atoms with Crippen LogP contribution in [0.25, 0.3) is 0 Å². The van der Waals surface area contributed by atoms with Crippen molar-refractivity contribution in [3.05, 3.63) is 33.9 Å². The Bertz CT molecular complexity index is 574. The smallest absolute Gasteiger partial charge is 0.310 e. The molecule has 0 unspecified atom stereocenters. The van der Waals surface area contributed by atoms with E-state index in [9.17, 15) is 4.79 Å². The van der Waals surface area contributed by atoms with E-state index in [1.54, 1.807) is 0 Å². The van der Waals surface area contributed by atoms with Gasteiger partial charge in [-0.05, 0) is 93.5 Å². The van der Waals surface area contributed by atoms with Gasteiger partial charge in [0.15, 0.2) is 0 Å². The fraction of sp³-hybridized carbons (Fsp3) is 0.632. The minimum atomic E-state index is -0.401. The van der Waals surface area contributed by atoms with Gasteiger partial charge in [-0.3, -0.25) is 4.79 Å². The lowest BCUT2D eigenvalue weighted by atomic mass is 9.89. The number of carbonyl (C=O) groups is 1. The Hall–Kier alpha value is -1.31. The lowest BCUT2D eigenvalue weighted by Gasteiger charge is -2.21. The van der Waals surface area contributed by atoms with Gasteiger partial charge in [-0.15, -0.1) is 0 Å². The minimum absolute atomic E-state index is 0.0922. The third-order valence-electron chi connectivity index (χ3n) is 4.60.